The van der Waals surface area contributed by atoms with Crippen LogP contribution < -0.4 is 15.8 Å². The molecule has 2 amide bonds. The quantitative estimate of drug-likeness (QED) is 0.147. The Labute approximate surface area is 261 Å². The van der Waals surface area contributed by atoms with Crippen LogP contribution in [0.2, 0.25) is 10.0 Å². The van der Waals surface area contributed by atoms with Crippen molar-refractivity contribution in [3.05, 3.63) is 64.2 Å². The number of rotatable bonds is 9. The van der Waals surface area contributed by atoms with Gasteiger partial charge in [0.25, 0.3) is 0 Å². The Bertz CT molecular complexity index is 1450. The highest BCUT2D eigenvalue weighted by Gasteiger charge is 2.25. The standard InChI is InChI=1S/C31H38Cl2FN5O4/c1-19(28-23(32)8-9-24(34)29(28)33)42-26-16-20(7-10-25(26)35)21-17-37-39(18-21)22-11-14-38(15-12-22)27(40)6-5-13-36-30(41)43-31(2,3)4/h7-10,16-19,22H,5-6,11-15,35H2,1-4H3,(H,36,41). The van der Waals surface area contributed by atoms with Crippen molar-refractivity contribution in [3.8, 4) is 16.9 Å². The molecule has 1 unspecified atom stereocenters. The maximum Gasteiger partial charge on any atom is 0.407 e. The van der Waals surface area contributed by atoms with Crippen molar-refractivity contribution in [2.24, 2.45) is 0 Å². The molecule has 0 saturated carbocycles. The molecule has 0 spiro atoms. The number of amides is 2. The molecule has 0 aliphatic carbocycles. The number of carbonyl (C=O) groups excluding carboxylic acids is 2. The van der Waals surface area contributed by atoms with Crippen molar-refractivity contribution < 1.29 is 23.5 Å². The number of alkyl carbamates (subject to hydrolysis) is 1. The van der Waals surface area contributed by atoms with Gasteiger partial charge in [-0.2, -0.15) is 5.10 Å². The fourth-order valence-corrected chi connectivity index (χ4v) is 5.63. The van der Waals surface area contributed by atoms with Crippen molar-refractivity contribution in [2.75, 3.05) is 25.4 Å². The molecule has 0 radical (unpaired) electrons. The van der Waals surface area contributed by atoms with Crippen molar-refractivity contribution in [2.45, 2.75) is 71.1 Å². The number of piperidine rings is 1. The number of aromatic nitrogens is 2. The first-order valence-electron chi connectivity index (χ1n) is 14.3. The van der Waals surface area contributed by atoms with Crippen molar-refractivity contribution in [1.29, 1.82) is 0 Å². The van der Waals surface area contributed by atoms with Gasteiger partial charge in [0.1, 0.15) is 23.3 Å². The number of halogens is 3. The zero-order chi connectivity index (χ0) is 31.3. The van der Waals surface area contributed by atoms with Crippen LogP contribution in [0.4, 0.5) is 14.9 Å². The van der Waals surface area contributed by atoms with E-state index in [4.69, 9.17) is 38.4 Å². The zero-order valence-electron chi connectivity index (χ0n) is 24.8. The molecule has 1 fully saturated rings. The van der Waals surface area contributed by atoms with Gasteiger partial charge in [-0.15, -0.1) is 0 Å². The Kier molecular flexibility index (Phi) is 10.4. The van der Waals surface area contributed by atoms with E-state index in [1.807, 2.05) is 27.9 Å². The van der Waals surface area contributed by atoms with E-state index in [1.54, 1.807) is 40.0 Å². The Morgan fingerprint density at radius 3 is 2.58 bits per heavy atom. The molecule has 3 aromatic rings. The van der Waals surface area contributed by atoms with Crippen molar-refractivity contribution in [3.63, 3.8) is 0 Å². The van der Waals surface area contributed by atoms with Gasteiger partial charge >= 0.3 is 6.09 Å². The highest BCUT2D eigenvalue weighted by atomic mass is 35.5. The smallest absolute Gasteiger partial charge is 0.407 e. The van der Waals surface area contributed by atoms with Gasteiger partial charge in [-0.1, -0.05) is 29.3 Å². The lowest BCUT2D eigenvalue weighted by molar-refractivity contribution is -0.132. The summed E-state index contributed by atoms with van der Waals surface area (Å²) in [6, 6.07) is 8.26. The van der Waals surface area contributed by atoms with E-state index in [-0.39, 0.29) is 17.0 Å². The van der Waals surface area contributed by atoms with E-state index in [9.17, 15) is 14.0 Å². The highest BCUT2D eigenvalue weighted by Crippen LogP contribution is 2.38. The number of hydrogen-bond donors (Lipinski definition) is 2. The van der Waals surface area contributed by atoms with Crippen LogP contribution in [0.1, 0.15) is 71.1 Å². The second-order valence-corrected chi connectivity index (χ2v) is 12.4. The average Bonchev–Trinajstić information content (AvgIpc) is 3.44. The van der Waals surface area contributed by atoms with Crippen LogP contribution in [-0.4, -0.2) is 51.9 Å². The van der Waals surface area contributed by atoms with E-state index in [0.717, 1.165) is 24.0 Å². The predicted molar refractivity (Wildman–Crippen MR) is 166 cm³/mol. The minimum absolute atomic E-state index is 0.0787. The van der Waals surface area contributed by atoms with E-state index in [2.05, 4.69) is 10.4 Å². The maximum absolute atomic E-state index is 14.1. The van der Waals surface area contributed by atoms with E-state index < -0.39 is 23.6 Å². The number of nitrogens with two attached hydrogens (primary N) is 1. The van der Waals surface area contributed by atoms with Crippen LogP contribution in [0.3, 0.4) is 0 Å². The Balaban J connectivity index is 1.31. The largest absolute Gasteiger partial charge is 0.484 e. The first-order valence-corrected chi connectivity index (χ1v) is 15.1. The van der Waals surface area contributed by atoms with E-state index >= 15 is 0 Å². The molecule has 2 heterocycles. The van der Waals surface area contributed by atoms with Gasteiger partial charge in [0.15, 0.2) is 0 Å². The maximum atomic E-state index is 14.1. The summed E-state index contributed by atoms with van der Waals surface area (Å²) in [5.74, 6) is -0.0780. The number of nitrogen functional groups attached to an aromatic ring is 1. The summed E-state index contributed by atoms with van der Waals surface area (Å²) in [7, 11) is 0. The molecular formula is C31H38Cl2FN5O4. The van der Waals surface area contributed by atoms with Gasteiger partial charge < -0.3 is 25.4 Å². The highest BCUT2D eigenvalue weighted by molar-refractivity contribution is 6.36. The molecule has 9 nitrogen and oxygen atoms in total. The third kappa shape index (κ3) is 8.54. The van der Waals surface area contributed by atoms with E-state index in [0.29, 0.717) is 54.5 Å². The second-order valence-electron chi connectivity index (χ2n) is 11.6. The normalized spacial score (nSPS) is 14.8. The number of nitrogens with one attached hydrogen (secondary N) is 1. The number of ether oxygens (including phenoxy) is 2. The molecule has 232 valence electrons. The summed E-state index contributed by atoms with van der Waals surface area (Å²) in [6.07, 6.45) is 5.12. The molecular weight excluding hydrogens is 596 g/mol. The van der Waals surface area contributed by atoms with Crippen molar-refractivity contribution >= 4 is 40.9 Å². The Morgan fingerprint density at radius 1 is 1.16 bits per heavy atom. The molecule has 43 heavy (non-hydrogen) atoms. The minimum atomic E-state index is -0.648. The predicted octanol–water partition coefficient (Wildman–Crippen LogP) is 7.19. The SMILES string of the molecule is CC(Oc1cc(-c2cnn(C3CCN(C(=O)CCCNC(=O)OC(C)(C)C)CC3)c2)ccc1N)c1c(Cl)ccc(F)c1Cl. The summed E-state index contributed by atoms with van der Waals surface area (Å²) < 4.78 is 27.3. The summed E-state index contributed by atoms with van der Waals surface area (Å²) in [5.41, 5.74) is 8.14. The lowest BCUT2D eigenvalue weighted by atomic mass is 10.0. The third-order valence-corrected chi connectivity index (χ3v) is 7.88. The number of nitrogens with zero attached hydrogens (tertiary/aromatic N) is 3. The molecule has 12 heteroatoms. The summed E-state index contributed by atoms with van der Waals surface area (Å²) in [6.45, 7) is 8.81. The number of benzene rings is 2. The van der Waals surface area contributed by atoms with Crippen LogP contribution in [0, 0.1) is 5.82 Å². The fraction of sp³-hybridized carbons (Fsp3) is 0.452. The number of hydrogen-bond acceptors (Lipinski definition) is 6. The lowest BCUT2D eigenvalue weighted by Gasteiger charge is -2.32. The first-order chi connectivity index (χ1) is 20.3. The van der Waals surface area contributed by atoms with E-state index in [1.165, 1.54) is 12.1 Å². The second kappa shape index (κ2) is 13.9. The van der Waals surface area contributed by atoms with Gasteiger partial charge in [0.05, 0.1) is 22.9 Å². The molecule has 1 aromatic heterocycles. The first kappa shape index (κ1) is 32.4. The van der Waals surface area contributed by atoms with Gasteiger partial charge in [-0.05, 0) is 76.8 Å². The zero-order valence-corrected chi connectivity index (χ0v) is 26.3. The van der Waals surface area contributed by atoms with Crippen LogP contribution in [0.5, 0.6) is 5.75 Å². The Hall–Kier alpha value is -3.50. The molecule has 2 aromatic carbocycles. The molecule has 1 saturated heterocycles. The summed E-state index contributed by atoms with van der Waals surface area (Å²) in [4.78, 5) is 26.3. The molecule has 1 aliphatic heterocycles. The third-order valence-electron chi connectivity index (χ3n) is 7.17. The van der Waals surface area contributed by atoms with Gasteiger partial charge in [0.2, 0.25) is 5.91 Å². The van der Waals surface area contributed by atoms with Gasteiger partial charge in [0, 0.05) is 48.4 Å². The summed E-state index contributed by atoms with van der Waals surface area (Å²) in [5, 5.41) is 7.50. The lowest BCUT2D eigenvalue weighted by Crippen LogP contribution is -2.39. The van der Waals surface area contributed by atoms with Crippen LogP contribution >= 0.6 is 23.2 Å². The summed E-state index contributed by atoms with van der Waals surface area (Å²) >= 11 is 12.4. The van der Waals surface area contributed by atoms with Crippen LogP contribution in [0.15, 0.2) is 42.7 Å². The number of anilines is 1. The molecule has 0 bridgehead atoms. The van der Waals surface area contributed by atoms with Crippen molar-refractivity contribution in [1.82, 2.24) is 20.0 Å². The van der Waals surface area contributed by atoms with Crippen LogP contribution in [-0.2, 0) is 9.53 Å². The van der Waals surface area contributed by atoms with Crippen LogP contribution in [0.25, 0.3) is 11.1 Å². The topological polar surface area (TPSA) is 112 Å². The Morgan fingerprint density at radius 2 is 1.88 bits per heavy atom. The molecule has 1 atom stereocenters. The minimum Gasteiger partial charge on any atom is -0.484 e. The van der Waals surface area contributed by atoms with Gasteiger partial charge in [-0.25, -0.2) is 9.18 Å². The monoisotopic (exact) mass is 633 g/mol. The average molecular weight is 635 g/mol. The fourth-order valence-electron chi connectivity index (χ4n) is 4.95. The molecule has 3 N–H and O–H groups in total. The molecule has 1 aliphatic rings. The number of carbonyl (C=O) groups is 2. The van der Waals surface area contributed by atoms with Gasteiger partial charge in [-0.3, -0.25) is 9.48 Å². The molecule has 4 rings (SSSR count). The number of likely N-dealkylation sites (tertiary alicyclic amines) is 1.